The fourth-order valence-corrected chi connectivity index (χ4v) is 3.69. The number of aromatic nitrogens is 2. The topological polar surface area (TPSA) is 79.4 Å². The van der Waals surface area contributed by atoms with Crippen LogP contribution in [0.5, 0.6) is 0 Å². The molecule has 2 heterocycles. The lowest BCUT2D eigenvalue weighted by atomic mass is 9.98. The number of anilines is 2. The molecule has 2 aromatic rings. The minimum absolute atomic E-state index is 0.351. The van der Waals surface area contributed by atoms with Crippen molar-refractivity contribution in [2.75, 3.05) is 29.9 Å². The number of hydrogen-bond acceptors (Lipinski definition) is 6. The highest BCUT2D eigenvalue weighted by Gasteiger charge is 2.28. The fourth-order valence-electron chi connectivity index (χ4n) is 3.69. The summed E-state index contributed by atoms with van der Waals surface area (Å²) in [7, 11) is 0. The molecule has 0 radical (unpaired) electrons. The Morgan fingerprint density at radius 2 is 1.90 bits per heavy atom. The Hall–Kier alpha value is -2.57. The molecule has 0 unspecified atom stereocenters. The highest BCUT2D eigenvalue weighted by molar-refractivity contribution is 5.80. The van der Waals surface area contributed by atoms with Crippen molar-refractivity contribution in [3.05, 3.63) is 24.3 Å². The SMILES string of the molecule is CC(C)(C)OC(=O)NC[C@@H]1CCCN(c2nc3ccccc3nc2NC2CC2)C1. The Balaban J connectivity index is 1.47. The molecule has 2 fully saturated rings. The van der Waals surface area contributed by atoms with Crippen molar-refractivity contribution in [1.82, 2.24) is 15.3 Å². The Morgan fingerprint density at radius 1 is 1.17 bits per heavy atom. The first-order chi connectivity index (χ1) is 13.9. The lowest BCUT2D eigenvalue weighted by Gasteiger charge is -2.34. The molecule has 1 aromatic heterocycles. The van der Waals surface area contributed by atoms with Crippen LogP contribution in [0, 0.1) is 5.92 Å². The van der Waals surface area contributed by atoms with Gasteiger partial charge in [-0.25, -0.2) is 14.8 Å². The third-order valence-electron chi connectivity index (χ3n) is 5.22. The second-order valence-electron chi connectivity index (χ2n) is 9.14. The van der Waals surface area contributed by atoms with E-state index in [-0.39, 0.29) is 6.09 Å². The molecule has 4 rings (SSSR count). The number of ether oxygens (including phenoxy) is 1. The van der Waals surface area contributed by atoms with E-state index in [4.69, 9.17) is 14.7 Å². The zero-order valence-electron chi connectivity index (χ0n) is 17.6. The zero-order chi connectivity index (χ0) is 20.4. The molecule has 2 N–H and O–H groups in total. The van der Waals surface area contributed by atoms with E-state index >= 15 is 0 Å². The van der Waals surface area contributed by atoms with E-state index < -0.39 is 5.60 Å². The van der Waals surface area contributed by atoms with Crippen LogP contribution in [0.15, 0.2) is 24.3 Å². The third-order valence-corrected chi connectivity index (χ3v) is 5.22. The largest absolute Gasteiger partial charge is 0.444 e. The number of rotatable bonds is 5. The molecule has 7 heteroatoms. The Bertz CT molecular complexity index is 875. The van der Waals surface area contributed by atoms with Crippen LogP contribution in [-0.4, -0.2) is 47.3 Å². The van der Waals surface area contributed by atoms with Gasteiger partial charge >= 0.3 is 6.09 Å². The summed E-state index contributed by atoms with van der Waals surface area (Å²) in [5.41, 5.74) is 1.35. The standard InChI is InChI=1S/C22H31N5O2/c1-22(2,3)29-21(28)23-13-15-7-6-12-27(14-15)20-19(24-16-10-11-16)25-17-8-4-5-9-18(17)26-20/h4-5,8-9,15-16H,6-7,10-14H2,1-3H3,(H,23,28)(H,24,25)/t15-/m0/s1. The van der Waals surface area contributed by atoms with Gasteiger partial charge in [-0.15, -0.1) is 0 Å². The predicted molar refractivity (Wildman–Crippen MR) is 115 cm³/mol. The molecule has 2 aliphatic rings. The fraction of sp³-hybridized carbons (Fsp3) is 0.591. The second-order valence-corrected chi connectivity index (χ2v) is 9.14. The molecule has 1 saturated heterocycles. The number of nitrogens with one attached hydrogen (secondary N) is 2. The molecule has 29 heavy (non-hydrogen) atoms. The number of benzene rings is 1. The number of carbonyl (C=O) groups is 1. The van der Waals surface area contributed by atoms with Crippen molar-refractivity contribution in [1.29, 1.82) is 0 Å². The van der Waals surface area contributed by atoms with Crippen LogP contribution in [0.4, 0.5) is 16.4 Å². The van der Waals surface area contributed by atoms with Gasteiger partial charge in [0.05, 0.1) is 11.0 Å². The average Bonchev–Trinajstić information content (AvgIpc) is 3.49. The number of fused-ring (bicyclic) bond motifs is 1. The molecule has 7 nitrogen and oxygen atoms in total. The van der Waals surface area contributed by atoms with Crippen LogP contribution in [0.25, 0.3) is 11.0 Å². The summed E-state index contributed by atoms with van der Waals surface area (Å²) >= 11 is 0. The highest BCUT2D eigenvalue weighted by atomic mass is 16.6. The summed E-state index contributed by atoms with van der Waals surface area (Å²) in [6, 6.07) is 8.53. The van der Waals surface area contributed by atoms with Crippen molar-refractivity contribution in [3.63, 3.8) is 0 Å². The molecule has 0 bridgehead atoms. The number of piperidine rings is 1. The lowest BCUT2D eigenvalue weighted by molar-refractivity contribution is 0.0517. The monoisotopic (exact) mass is 397 g/mol. The van der Waals surface area contributed by atoms with E-state index in [2.05, 4.69) is 15.5 Å². The molecular weight excluding hydrogens is 366 g/mol. The van der Waals surface area contributed by atoms with Crippen LogP contribution in [0.2, 0.25) is 0 Å². The van der Waals surface area contributed by atoms with Crippen LogP contribution in [-0.2, 0) is 4.74 Å². The minimum atomic E-state index is -0.479. The van der Waals surface area contributed by atoms with E-state index in [1.54, 1.807) is 0 Å². The van der Waals surface area contributed by atoms with Gasteiger partial charge in [-0.05, 0) is 64.5 Å². The van der Waals surface area contributed by atoms with Crippen molar-refractivity contribution >= 4 is 28.8 Å². The van der Waals surface area contributed by atoms with Gasteiger partial charge < -0.3 is 20.3 Å². The van der Waals surface area contributed by atoms with Gasteiger partial charge in [-0.1, -0.05) is 12.1 Å². The number of hydrogen-bond donors (Lipinski definition) is 2. The van der Waals surface area contributed by atoms with E-state index in [1.165, 1.54) is 12.8 Å². The Labute approximate surface area is 172 Å². The van der Waals surface area contributed by atoms with Crippen LogP contribution >= 0.6 is 0 Å². The van der Waals surface area contributed by atoms with Gasteiger partial charge in [-0.3, -0.25) is 0 Å². The summed E-state index contributed by atoms with van der Waals surface area (Å²) in [5, 5.41) is 6.49. The summed E-state index contributed by atoms with van der Waals surface area (Å²) in [6.07, 6.45) is 4.18. The third kappa shape index (κ3) is 5.28. The van der Waals surface area contributed by atoms with E-state index in [0.29, 0.717) is 18.5 Å². The van der Waals surface area contributed by atoms with Gasteiger partial charge in [0.25, 0.3) is 0 Å². The van der Waals surface area contributed by atoms with Gasteiger partial charge in [-0.2, -0.15) is 0 Å². The molecule has 1 aliphatic carbocycles. The van der Waals surface area contributed by atoms with E-state index in [0.717, 1.165) is 48.6 Å². The zero-order valence-corrected chi connectivity index (χ0v) is 17.6. The van der Waals surface area contributed by atoms with Gasteiger partial charge in [0.2, 0.25) is 0 Å². The van der Waals surface area contributed by atoms with Crippen LogP contribution < -0.4 is 15.5 Å². The maximum Gasteiger partial charge on any atom is 0.407 e. The first kappa shape index (κ1) is 19.7. The van der Waals surface area contributed by atoms with Crippen molar-refractivity contribution in [2.24, 2.45) is 5.92 Å². The molecular formula is C22H31N5O2. The number of amides is 1. The van der Waals surface area contributed by atoms with Gasteiger partial charge in [0, 0.05) is 25.7 Å². The van der Waals surface area contributed by atoms with Gasteiger partial charge in [0.1, 0.15) is 5.60 Å². The molecule has 156 valence electrons. The average molecular weight is 398 g/mol. The van der Waals surface area contributed by atoms with Crippen LogP contribution in [0.1, 0.15) is 46.5 Å². The summed E-state index contributed by atoms with van der Waals surface area (Å²) in [6.45, 7) is 8.04. The summed E-state index contributed by atoms with van der Waals surface area (Å²) in [5.74, 6) is 2.17. The number of alkyl carbamates (subject to hydrolysis) is 1. The molecule has 1 saturated carbocycles. The molecule has 1 aromatic carbocycles. The Kier molecular flexibility index (Phi) is 5.48. The summed E-state index contributed by atoms with van der Waals surface area (Å²) < 4.78 is 5.36. The maximum atomic E-state index is 12.0. The van der Waals surface area contributed by atoms with E-state index in [1.807, 2.05) is 45.0 Å². The van der Waals surface area contributed by atoms with Crippen molar-refractivity contribution in [3.8, 4) is 0 Å². The number of carbonyl (C=O) groups excluding carboxylic acids is 1. The summed E-state index contributed by atoms with van der Waals surface area (Å²) in [4.78, 5) is 24.1. The minimum Gasteiger partial charge on any atom is -0.444 e. The number of nitrogens with zero attached hydrogens (tertiary/aromatic N) is 3. The first-order valence-corrected chi connectivity index (χ1v) is 10.6. The lowest BCUT2D eigenvalue weighted by Crippen LogP contribution is -2.42. The smallest absolute Gasteiger partial charge is 0.407 e. The second kappa shape index (κ2) is 8.05. The first-order valence-electron chi connectivity index (χ1n) is 10.6. The van der Waals surface area contributed by atoms with Crippen molar-refractivity contribution in [2.45, 2.75) is 58.1 Å². The molecule has 1 atom stereocenters. The normalized spacial score (nSPS) is 19.8. The van der Waals surface area contributed by atoms with Crippen LogP contribution in [0.3, 0.4) is 0 Å². The van der Waals surface area contributed by atoms with Crippen molar-refractivity contribution < 1.29 is 9.53 Å². The quantitative estimate of drug-likeness (QED) is 0.795. The number of para-hydroxylation sites is 2. The molecule has 1 aliphatic heterocycles. The van der Waals surface area contributed by atoms with Gasteiger partial charge in [0.15, 0.2) is 11.6 Å². The maximum absolute atomic E-state index is 12.0. The highest BCUT2D eigenvalue weighted by Crippen LogP contribution is 2.32. The molecule has 1 amide bonds. The molecule has 0 spiro atoms. The predicted octanol–water partition coefficient (Wildman–Crippen LogP) is 3.95. The Morgan fingerprint density at radius 3 is 2.59 bits per heavy atom. The van der Waals surface area contributed by atoms with E-state index in [9.17, 15) is 4.79 Å².